The lowest BCUT2D eigenvalue weighted by Crippen LogP contribution is -2.49. The van der Waals surface area contributed by atoms with Gasteiger partial charge in [0.05, 0.1) is 6.04 Å². The Hall–Kier alpha value is -2.62. The maximum atomic E-state index is 13.2. The molecule has 4 nitrogen and oxygen atoms in total. The number of fused-ring (bicyclic) bond motifs is 1. The molecule has 2 amide bonds. The van der Waals surface area contributed by atoms with Gasteiger partial charge >= 0.3 is 0 Å². The van der Waals surface area contributed by atoms with Crippen LogP contribution >= 0.6 is 0 Å². The van der Waals surface area contributed by atoms with Gasteiger partial charge in [0.25, 0.3) is 0 Å². The lowest BCUT2D eigenvalue weighted by molar-refractivity contribution is -0.122. The second-order valence-corrected chi connectivity index (χ2v) is 8.03. The van der Waals surface area contributed by atoms with E-state index < -0.39 is 0 Å². The average molecular weight is 393 g/mol. The van der Waals surface area contributed by atoms with Gasteiger partial charge in [-0.15, -0.1) is 0 Å². The normalized spacial score (nSPS) is 19.4. The van der Waals surface area contributed by atoms with E-state index in [-0.39, 0.29) is 29.8 Å². The van der Waals surface area contributed by atoms with E-state index in [1.807, 2.05) is 79.1 Å². The second kappa shape index (κ2) is 9.25. The largest absolute Gasteiger partial charge is 0.309 e. The summed E-state index contributed by atoms with van der Waals surface area (Å²) in [5.41, 5.74) is 2.90. The summed E-state index contributed by atoms with van der Waals surface area (Å²) in [5, 5.41) is 0. The summed E-state index contributed by atoms with van der Waals surface area (Å²) in [6, 6.07) is 17.9. The van der Waals surface area contributed by atoms with Crippen molar-refractivity contribution in [1.29, 1.82) is 0 Å². The number of hydrogen-bond acceptors (Lipinski definition) is 2. The Labute approximate surface area is 174 Å². The second-order valence-electron chi connectivity index (χ2n) is 8.03. The van der Waals surface area contributed by atoms with E-state index in [1.54, 1.807) is 0 Å². The van der Waals surface area contributed by atoms with Crippen LogP contribution in [-0.4, -0.2) is 17.9 Å². The van der Waals surface area contributed by atoms with Gasteiger partial charge in [-0.05, 0) is 49.9 Å². The van der Waals surface area contributed by atoms with Crippen molar-refractivity contribution in [2.24, 2.45) is 5.92 Å². The minimum absolute atomic E-state index is 0.0194. The lowest BCUT2D eigenvalue weighted by Gasteiger charge is -2.44. The molecule has 0 saturated carbocycles. The van der Waals surface area contributed by atoms with E-state index in [9.17, 15) is 9.59 Å². The predicted molar refractivity (Wildman–Crippen MR) is 119 cm³/mol. The van der Waals surface area contributed by atoms with Gasteiger partial charge in [0.2, 0.25) is 11.8 Å². The number of carbonyl (C=O) groups is 2. The Morgan fingerprint density at radius 2 is 1.72 bits per heavy atom. The topological polar surface area (TPSA) is 40.6 Å². The van der Waals surface area contributed by atoms with Gasteiger partial charge in [0.1, 0.15) is 0 Å². The van der Waals surface area contributed by atoms with Crippen LogP contribution in [0.3, 0.4) is 0 Å². The third-order valence-corrected chi connectivity index (χ3v) is 5.91. The van der Waals surface area contributed by atoms with Crippen LogP contribution in [0.15, 0.2) is 54.6 Å². The summed E-state index contributed by atoms with van der Waals surface area (Å²) in [4.78, 5) is 30.2. The average Bonchev–Trinajstić information content (AvgIpc) is 2.74. The molecular formula is C25H32N2O2. The highest BCUT2D eigenvalue weighted by Crippen LogP contribution is 2.43. The molecule has 0 saturated heterocycles. The lowest BCUT2D eigenvalue weighted by atomic mass is 9.88. The summed E-state index contributed by atoms with van der Waals surface area (Å²) in [7, 11) is 0. The van der Waals surface area contributed by atoms with E-state index >= 15 is 0 Å². The SMILES string of the molecule is CCCC(=O)N(c1ccccc1)C1CC(C)N(C(=O)C(C)CC)c2ccccc21. The molecule has 3 rings (SSSR count). The minimum atomic E-state index is -0.0800. The van der Waals surface area contributed by atoms with E-state index in [0.717, 1.165) is 36.2 Å². The molecular weight excluding hydrogens is 360 g/mol. The molecule has 3 atom stereocenters. The van der Waals surface area contributed by atoms with Gasteiger partial charge in [-0.25, -0.2) is 0 Å². The van der Waals surface area contributed by atoms with Gasteiger partial charge in [0, 0.05) is 29.8 Å². The molecule has 0 bridgehead atoms. The molecule has 0 fully saturated rings. The molecule has 1 aliphatic heterocycles. The number of rotatable bonds is 6. The van der Waals surface area contributed by atoms with E-state index in [0.29, 0.717) is 6.42 Å². The molecule has 29 heavy (non-hydrogen) atoms. The van der Waals surface area contributed by atoms with Gasteiger partial charge in [-0.1, -0.05) is 57.2 Å². The molecule has 0 N–H and O–H groups in total. The molecule has 4 heteroatoms. The first-order valence-corrected chi connectivity index (χ1v) is 10.8. The number of carbonyl (C=O) groups excluding carboxylic acids is 2. The third-order valence-electron chi connectivity index (χ3n) is 5.91. The summed E-state index contributed by atoms with van der Waals surface area (Å²) >= 11 is 0. The minimum Gasteiger partial charge on any atom is -0.309 e. The first kappa shape index (κ1) is 21.1. The van der Waals surface area contributed by atoms with Crippen LogP contribution in [0, 0.1) is 5.92 Å². The number of anilines is 2. The first-order valence-electron chi connectivity index (χ1n) is 10.8. The Balaban J connectivity index is 2.08. The molecule has 0 aliphatic carbocycles. The fourth-order valence-electron chi connectivity index (χ4n) is 4.19. The van der Waals surface area contributed by atoms with E-state index in [4.69, 9.17) is 0 Å². The number of nitrogens with zero attached hydrogens (tertiary/aromatic N) is 2. The fraction of sp³-hybridized carbons (Fsp3) is 0.440. The Morgan fingerprint density at radius 1 is 1.07 bits per heavy atom. The standard InChI is InChI=1S/C25H32N2O2/c1-5-12-24(28)27(20-13-8-7-9-14-20)23-17-19(4)26(25(29)18(3)6-2)22-16-11-10-15-21(22)23/h7-11,13-16,18-19,23H,5-6,12,17H2,1-4H3. The quantitative estimate of drug-likeness (QED) is 0.630. The van der Waals surface area contributed by atoms with E-state index in [2.05, 4.69) is 13.0 Å². The number of amides is 2. The molecule has 2 aromatic rings. The van der Waals surface area contributed by atoms with Gasteiger partial charge in [-0.2, -0.15) is 0 Å². The molecule has 154 valence electrons. The summed E-state index contributed by atoms with van der Waals surface area (Å²) in [5.74, 6) is 0.276. The Bertz CT molecular complexity index is 849. The Morgan fingerprint density at radius 3 is 2.38 bits per heavy atom. The third kappa shape index (κ3) is 4.21. The zero-order valence-corrected chi connectivity index (χ0v) is 18.0. The predicted octanol–water partition coefficient (Wildman–Crippen LogP) is 5.73. The van der Waals surface area contributed by atoms with Crippen molar-refractivity contribution < 1.29 is 9.59 Å². The monoisotopic (exact) mass is 392 g/mol. The van der Waals surface area contributed by atoms with Crippen molar-refractivity contribution in [2.75, 3.05) is 9.80 Å². The first-order chi connectivity index (χ1) is 14.0. The molecule has 1 heterocycles. The summed E-state index contributed by atoms with van der Waals surface area (Å²) in [6.45, 7) is 8.17. The smallest absolute Gasteiger partial charge is 0.230 e. The van der Waals surface area contributed by atoms with Crippen molar-refractivity contribution in [3.63, 3.8) is 0 Å². The van der Waals surface area contributed by atoms with Crippen LogP contribution in [0.2, 0.25) is 0 Å². The van der Waals surface area contributed by atoms with Crippen molar-refractivity contribution in [2.45, 2.75) is 65.5 Å². The van der Waals surface area contributed by atoms with E-state index in [1.165, 1.54) is 0 Å². The van der Waals surface area contributed by atoms with Gasteiger partial charge in [0.15, 0.2) is 0 Å². The van der Waals surface area contributed by atoms with Crippen molar-refractivity contribution in [1.82, 2.24) is 0 Å². The highest BCUT2D eigenvalue weighted by molar-refractivity contribution is 5.98. The maximum Gasteiger partial charge on any atom is 0.230 e. The highest BCUT2D eigenvalue weighted by atomic mass is 16.2. The van der Waals surface area contributed by atoms with Crippen LogP contribution < -0.4 is 9.80 Å². The molecule has 2 aromatic carbocycles. The van der Waals surface area contributed by atoms with Crippen LogP contribution in [-0.2, 0) is 9.59 Å². The van der Waals surface area contributed by atoms with Crippen LogP contribution in [0.25, 0.3) is 0 Å². The highest BCUT2D eigenvalue weighted by Gasteiger charge is 2.38. The van der Waals surface area contributed by atoms with Gasteiger partial charge in [-0.3, -0.25) is 9.59 Å². The van der Waals surface area contributed by atoms with Crippen molar-refractivity contribution >= 4 is 23.2 Å². The maximum absolute atomic E-state index is 13.2. The molecule has 0 aromatic heterocycles. The number of para-hydroxylation sites is 2. The molecule has 1 aliphatic rings. The summed E-state index contributed by atoms with van der Waals surface area (Å²) in [6.07, 6.45) is 2.87. The molecule has 0 radical (unpaired) electrons. The number of benzene rings is 2. The van der Waals surface area contributed by atoms with Crippen LogP contribution in [0.1, 0.15) is 65.0 Å². The van der Waals surface area contributed by atoms with Gasteiger partial charge < -0.3 is 9.80 Å². The van der Waals surface area contributed by atoms with Crippen LogP contribution in [0.5, 0.6) is 0 Å². The molecule has 0 spiro atoms. The molecule has 3 unspecified atom stereocenters. The van der Waals surface area contributed by atoms with Crippen LogP contribution in [0.4, 0.5) is 11.4 Å². The van der Waals surface area contributed by atoms with Crippen molar-refractivity contribution in [3.8, 4) is 0 Å². The van der Waals surface area contributed by atoms with Crippen molar-refractivity contribution in [3.05, 3.63) is 60.2 Å². The number of hydrogen-bond donors (Lipinski definition) is 0. The fourth-order valence-corrected chi connectivity index (χ4v) is 4.19. The Kier molecular flexibility index (Phi) is 6.73. The zero-order chi connectivity index (χ0) is 21.0. The zero-order valence-electron chi connectivity index (χ0n) is 18.0. The summed E-state index contributed by atoms with van der Waals surface area (Å²) < 4.78 is 0.